The first kappa shape index (κ1) is 13.4. The number of piperidine rings is 2. The maximum Gasteiger partial charge on any atom is 0.407 e. The van der Waals surface area contributed by atoms with Crippen LogP contribution in [0.1, 0.15) is 32.1 Å². The first-order chi connectivity index (χ1) is 9.63. The molecule has 20 heavy (non-hydrogen) atoms. The summed E-state index contributed by atoms with van der Waals surface area (Å²) in [7, 11) is 0. The van der Waals surface area contributed by atoms with Crippen LogP contribution in [0.15, 0.2) is 12.1 Å². The summed E-state index contributed by atoms with van der Waals surface area (Å²) in [5.41, 5.74) is 0. The number of aromatic nitrogens is 2. The van der Waals surface area contributed by atoms with Gasteiger partial charge >= 0.3 is 6.09 Å². The van der Waals surface area contributed by atoms with Crippen molar-refractivity contribution in [3.8, 4) is 0 Å². The molecule has 1 aromatic rings. The Balaban J connectivity index is 1.68. The van der Waals surface area contributed by atoms with Crippen molar-refractivity contribution in [3.05, 3.63) is 17.3 Å². The third kappa shape index (κ3) is 2.65. The van der Waals surface area contributed by atoms with Gasteiger partial charge in [-0.2, -0.15) is 0 Å². The van der Waals surface area contributed by atoms with Gasteiger partial charge < -0.3 is 15.3 Å². The fourth-order valence-corrected chi connectivity index (χ4v) is 3.51. The van der Waals surface area contributed by atoms with E-state index in [0.29, 0.717) is 11.0 Å². The van der Waals surface area contributed by atoms with E-state index >= 15 is 0 Å². The Morgan fingerprint density at radius 1 is 1.30 bits per heavy atom. The van der Waals surface area contributed by atoms with Crippen molar-refractivity contribution in [1.82, 2.24) is 15.1 Å². The first-order valence-corrected chi connectivity index (χ1v) is 7.28. The summed E-state index contributed by atoms with van der Waals surface area (Å²) in [4.78, 5) is 13.0. The fraction of sp³-hybridized carbons (Fsp3) is 0.615. The normalized spacial score (nSPS) is 29.1. The van der Waals surface area contributed by atoms with Crippen molar-refractivity contribution in [2.75, 3.05) is 5.32 Å². The molecule has 2 atom stereocenters. The number of rotatable bonds is 2. The molecule has 2 fully saturated rings. The van der Waals surface area contributed by atoms with Gasteiger partial charge in [0.15, 0.2) is 5.15 Å². The van der Waals surface area contributed by atoms with Crippen molar-refractivity contribution in [1.29, 1.82) is 0 Å². The third-order valence-corrected chi connectivity index (χ3v) is 4.38. The number of hydrogen-bond donors (Lipinski definition) is 2. The molecule has 2 bridgehead atoms. The van der Waals surface area contributed by atoms with Crippen LogP contribution < -0.4 is 5.32 Å². The number of hydrogen-bond acceptors (Lipinski definition) is 4. The SMILES string of the molecule is O=C(O)N1C2CCCC1CC(Nc1ccc(Cl)nn1)C2. The highest BCUT2D eigenvalue weighted by Gasteiger charge is 2.40. The van der Waals surface area contributed by atoms with E-state index in [1.54, 1.807) is 17.0 Å². The van der Waals surface area contributed by atoms with Crippen molar-refractivity contribution < 1.29 is 9.90 Å². The molecule has 6 nitrogen and oxygen atoms in total. The minimum atomic E-state index is -0.788. The monoisotopic (exact) mass is 296 g/mol. The number of nitrogens with one attached hydrogen (secondary N) is 1. The Morgan fingerprint density at radius 3 is 2.55 bits per heavy atom. The molecule has 108 valence electrons. The molecule has 3 rings (SSSR count). The fourth-order valence-electron chi connectivity index (χ4n) is 3.41. The highest BCUT2D eigenvalue weighted by molar-refractivity contribution is 6.29. The zero-order valence-corrected chi connectivity index (χ0v) is 11.8. The lowest BCUT2D eigenvalue weighted by atomic mass is 9.82. The topological polar surface area (TPSA) is 78.4 Å². The Hall–Kier alpha value is -1.56. The molecule has 0 aromatic carbocycles. The van der Waals surface area contributed by atoms with E-state index in [2.05, 4.69) is 15.5 Å². The van der Waals surface area contributed by atoms with Gasteiger partial charge in [-0.05, 0) is 44.2 Å². The summed E-state index contributed by atoms with van der Waals surface area (Å²) in [6.07, 6.45) is 3.89. The van der Waals surface area contributed by atoms with Crippen LogP contribution in [0, 0.1) is 0 Å². The largest absolute Gasteiger partial charge is 0.465 e. The molecule has 0 saturated carbocycles. The number of fused-ring (bicyclic) bond motifs is 2. The molecule has 0 spiro atoms. The Labute approximate surface area is 122 Å². The Bertz CT molecular complexity index is 482. The van der Waals surface area contributed by atoms with E-state index in [0.717, 1.165) is 32.1 Å². The number of amides is 1. The highest BCUT2D eigenvalue weighted by Crippen LogP contribution is 2.35. The minimum Gasteiger partial charge on any atom is -0.465 e. The van der Waals surface area contributed by atoms with E-state index in [1.165, 1.54) is 0 Å². The lowest BCUT2D eigenvalue weighted by Gasteiger charge is -2.47. The van der Waals surface area contributed by atoms with E-state index in [9.17, 15) is 9.90 Å². The van der Waals surface area contributed by atoms with E-state index in [-0.39, 0.29) is 18.1 Å². The molecule has 7 heteroatoms. The lowest BCUT2D eigenvalue weighted by molar-refractivity contribution is 0.0385. The van der Waals surface area contributed by atoms with Gasteiger partial charge in [0.25, 0.3) is 0 Å². The summed E-state index contributed by atoms with van der Waals surface area (Å²) in [5, 5.41) is 20.8. The van der Waals surface area contributed by atoms with Crippen LogP contribution in [0.3, 0.4) is 0 Å². The standard InChI is InChI=1S/C13H17ClN4O2/c14-11-4-5-12(17-16-11)15-8-6-9-2-1-3-10(7-8)18(9)13(19)20/h4-5,8-10H,1-3,6-7H2,(H,15,17)(H,19,20). The minimum absolute atomic E-state index is 0.123. The van der Waals surface area contributed by atoms with Gasteiger partial charge in [-0.25, -0.2) is 4.79 Å². The van der Waals surface area contributed by atoms with Crippen molar-refractivity contribution in [2.45, 2.75) is 50.2 Å². The van der Waals surface area contributed by atoms with Gasteiger partial charge in [0, 0.05) is 18.1 Å². The second kappa shape index (κ2) is 5.44. The number of anilines is 1. The molecule has 3 heterocycles. The van der Waals surface area contributed by atoms with Crippen molar-refractivity contribution in [3.63, 3.8) is 0 Å². The maximum atomic E-state index is 11.3. The number of nitrogens with zero attached hydrogens (tertiary/aromatic N) is 3. The number of halogens is 1. The summed E-state index contributed by atoms with van der Waals surface area (Å²) in [6, 6.07) is 3.99. The molecule has 2 aliphatic rings. The smallest absolute Gasteiger partial charge is 0.407 e. The molecule has 2 unspecified atom stereocenters. The van der Waals surface area contributed by atoms with Gasteiger partial charge in [-0.3, -0.25) is 0 Å². The molecule has 1 aromatic heterocycles. The van der Waals surface area contributed by atoms with Crippen LogP contribution in [0.25, 0.3) is 0 Å². The molecular weight excluding hydrogens is 280 g/mol. The van der Waals surface area contributed by atoms with Crippen LogP contribution in [0.2, 0.25) is 5.15 Å². The summed E-state index contributed by atoms with van der Waals surface area (Å²) in [5.74, 6) is 0.696. The summed E-state index contributed by atoms with van der Waals surface area (Å²) < 4.78 is 0. The van der Waals surface area contributed by atoms with Gasteiger partial charge in [0.05, 0.1) is 0 Å². The van der Waals surface area contributed by atoms with Crippen molar-refractivity contribution >= 4 is 23.5 Å². The van der Waals surface area contributed by atoms with Crippen LogP contribution in [0.5, 0.6) is 0 Å². The van der Waals surface area contributed by atoms with E-state index in [4.69, 9.17) is 11.6 Å². The number of carbonyl (C=O) groups is 1. The molecular formula is C13H17ClN4O2. The maximum absolute atomic E-state index is 11.3. The highest BCUT2D eigenvalue weighted by atomic mass is 35.5. The van der Waals surface area contributed by atoms with E-state index < -0.39 is 6.09 Å². The second-order valence-corrected chi connectivity index (χ2v) is 5.87. The molecule has 2 aliphatic heterocycles. The average Bonchev–Trinajstić information content (AvgIpc) is 2.40. The Kier molecular flexibility index (Phi) is 3.65. The molecule has 2 saturated heterocycles. The number of carboxylic acid groups (broad SMARTS) is 1. The molecule has 2 N–H and O–H groups in total. The van der Waals surface area contributed by atoms with Gasteiger partial charge in [-0.15, -0.1) is 10.2 Å². The second-order valence-electron chi connectivity index (χ2n) is 5.48. The Morgan fingerprint density at radius 2 is 2.00 bits per heavy atom. The van der Waals surface area contributed by atoms with Crippen LogP contribution in [-0.4, -0.2) is 44.4 Å². The molecule has 0 radical (unpaired) electrons. The van der Waals surface area contributed by atoms with Gasteiger partial charge in [0.2, 0.25) is 0 Å². The molecule has 1 amide bonds. The molecule has 0 aliphatic carbocycles. The zero-order chi connectivity index (χ0) is 14.1. The average molecular weight is 297 g/mol. The zero-order valence-electron chi connectivity index (χ0n) is 11.0. The van der Waals surface area contributed by atoms with Gasteiger partial charge in [0.1, 0.15) is 5.82 Å². The van der Waals surface area contributed by atoms with Crippen LogP contribution in [-0.2, 0) is 0 Å². The van der Waals surface area contributed by atoms with Gasteiger partial charge in [-0.1, -0.05) is 11.6 Å². The summed E-state index contributed by atoms with van der Waals surface area (Å²) >= 11 is 5.71. The first-order valence-electron chi connectivity index (χ1n) is 6.90. The van der Waals surface area contributed by atoms with Crippen LogP contribution >= 0.6 is 11.6 Å². The van der Waals surface area contributed by atoms with Crippen LogP contribution in [0.4, 0.5) is 10.6 Å². The predicted octanol–water partition coefficient (Wildman–Crippen LogP) is 2.61. The lowest BCUT2D eigenvalue weighted by Crippen LogP contribution is -2.56. The predicted molar refractivity (Wildman–Crippen MR) is 75.0 cm³/mol. The third-order valence-electron chi connectivity index (χ3n) is 4.18. The van der Waals surface area contributed by atoms with Crippen molar-refractivity contribution in [2.24, 2.45) is 0 Å². The summed E-state index contributed by atoms with van der Waals surface area (Å²) in [6.45, 7) is 0. The van der Waals surface area contributed by atoms with E-state index in [1.807, 2.05) is 0 Å². The quantitative estimate of drug-likeness (QED) is 0.877.